The van der Waals surface area contributed by atoms with E-state index in [1.54, 1.807) is 16.1 Å². The molecule has 35 heavy (non-hydrogen) atoms. The molecule has 2 amide bonds. The van der Waals surface area contributed by atoms with Gasteiger partial charge in [0.25, 0.3) is 5.91 Å². The molecule has 0 N–H and O–H groups in total. The summed E-state index contributed by atoms with van der Waals surface area (Å²) in [7, 11) is 0. The molecule has 6 nitrogen and oxygen atoms in total. The summed E-state index contributed by atoms with van der Waals surface area (Å²) >= 11 is 0. The molecular formula is C29H27N3O3. The van der Waals surface area contributed by atoms with Crippen molar-refractivity contribution in [3.05, 3.63) is 108 Å². The van der Waals surface area contributed by atoms with E-state index in [4.69, 9.17) is 4.42 Å². The lowest BCUT2D eigenvalue weighted by Gasteiger charge is -2.38. The van der Waals surface area contributed by atoms with Crippen molar-refractivity contribution in [2.75, 3.05) is 11.4 Å². The van der Waals surface area contributed by atoms with E-state index in [-0.39, 0.29) is 24.4 Å². The fourth-order valence-corrected chi connectivity index (χ4v) is 5.00. The average molecular weight is 466 g/mol. The number of carbonyl (C=O) groups is 2. The Hall–Kier alpha value is -4.06. The summed E-state index contributed by atoms with van der Waals surface area (Å²) in [5.41, 5.74) is 4.50. The van der Waals surface area contributed by atoms with Crippen LogP contribution < -0.4 is 4.90 Å². The number of benzene rings is 2. The molecule has 2 aliphatic rings. The normalized spacial score (nSPS) is 16.5. The summed E-state index contributed by atoms with van der Waals surface area (Å²) in [5.74, 6) is 0.468. The van der Waals surface area contributed by atoms with Crippen molar-refractivity contribution in [2.45, 2.75) is 38.3 Å². The fourth-order valence-electron chi connectivity index (χ4n) is 5.00. The summed E-state index contributed by atoms with van der Waals surface area (Å²) in [6.45, 7) is 2.11. The lowest BCUT2D eigenvalue weighted by molar-refractivity contribution is -0.120. The maximum Gasteiger partial charge on any atom is 0.254 e. The second-order valence-corrected chi connectivity index (χ2v) is 9.19. The van der Waals surface area contributed by atoms with Gasteiger partial charge in [0.1, 0.15) is 18.3 Å². The van der Waals surface area contributed by atoms with Gasteiger partial charge in [-0.1, -0.05) is 31.2 Å². The van der Waals surface area contributed by atoms with Gasteiger partial charge >= 0.3 is 0 Å². The number of nitrogens with zero attached hydrogens (tertiary/aromatic N) is 3. The Labute approximate surface area is 204 Å². The molecule has 0 saturated heterocycles. The zero-order valence-corrected chi connectivity index (χ0v) is 19.6. The first kappa shape index (κ1) is 21.5. The van der Waals surface area contributed by atoms with Crippen molar-refractivity contribution in [3.8, 4) is 5.69 Å². The van der Waals surface area contributed by atoms with Crippen molar-refractivity contribution < 1.29 is 14.0 Å². The Morgan fingerprint density at radius 1 is 0.943 bits per heavy atom. The van der Waals surface area contributed by atoms with Gasteiger partial charge in [-0.05, 0) is 73.4 Å². The van der Waals surface area contributed by atoms with E-state index in [1.165, 1.54) is 5.56 Å². The van der Waals surface area contributed by atoms with Crippen LogP contribution in [0.1, 0.15) is 53.2 Å². The first-order valence-electron chi connectivity index (χ1n) is 12.2. The van der Waals surface area contributed by atoms with Crippen LogP contribution in [0.3, 0.4) is 0 Å². The first-order chi connectivity index (χ1) is 17.2. The molecule has 1 aliphatic heterocycles. The highest BCUT2D eigenvalue weighted by atomic mass is 16.3. The molecule has 0 spiro atoms. The number of fused-ring (bicyclic) bond motifs is 3. The molecule has 3 heterocycles. The van der Waals surface area contributed by atoms with E-state index in [2.05, 4.69) is 11.5 Å². The van der Waals surface area contributed by atoms with Crippen molar-refractivity contribution in [3.63, 3.8) is 0 Å². The SMILES string of the molecule is CCc1ccc(C(=O)N(CC(=O)N2c3ccccc3-n3cccc3C2c2ccco2)C2CC2)cc1. The smallest absolute Gasteiger partial charge is 0.254 e. The van der Waals surface area contributed by atoms with E-state index in [9.17, 15) is 9.59 Å². The highest BCUT2D eigenvalue weighted by Gasteiger charge is 2.41. The zero-order valence-electron chi connectivity index (χ0n) is 19.6. The number of furan rings is 1. The standard InChI is InChI=1S/C29H27N3O3/c1-2-20-11-13-21(14-12-20)29(34)31(22-15-16-22)19-27(33)32-24-8-4-3-7-23(24)30-17-5-9-25(30)28(32)26-10-6-18-35-26/h3-14,17-18,22,28H,2,15-16,19H2,1H3. The number of carbonyl (C=O) groups excluding carboxylic acids is 2. The minimum absolute atomic E-state index is 0.0191. The van der Waals surface area contributed by atoms with Crippen LogP contribution >= 0.6 is 0 Å². The zero-order chi connectivity index (χ0) is 23.9. The van der Waals surface area contributed by atoms with Gasteiger partial charge in [-0.15, -0.1) is 0 Å². The van der Waals surface area contributed by atoms with Gasteiger partial charge in [-0.2, -0.15) is 0 Å². The van der Waals surface area contributed by atoms with E-state index in [0.717, 1.165) is 36.3 Å². The fraction of sp³-hybridized carbons (Fsp3) is 0.241. The number of aromatic nitrogens is 1. The predicted molar refractivity (Wildman–Crippen MR) is 134 cm³/mol. The first-order valence-corrected chi connectivity index (χ1v) is 12.2. The molecule has 6 rings (SSSR count). The molecule has 1 aliphatic carbocycles. The number of hydrogen-bond acceptors (Lipinski definition) is 3. The topological polar surface area (TPSA) is 58.7 Å². The summed E-state index contributed by atoms with van der Waals surface area (Å²) in [5, 5.41) is 0. The quantitative estimate of drug-likeness (QED) is 0.384. The van der Waals surface area contributed by atoms with Crippen LogP contribution in [0.15, 0.2) is 89.7 Å². The van der Waals surface area contributed by atoms with Crippen LogP contribution in [0.5, 0.6) is 0 Å². The Kier molecular flexibility index (Phi) is 5.29. The summed E-state index contributed by atoms with van der Waals surface area (Å²) < 4.78 is 7.91. The number of amides is 2. The molecule has 6 heteroatoms. The second-order valence-electron chi connectivity index (χ2n) is 9.19. The lowest BCUT2D eigenvalue weighted by Crippen LogP contribution is -2.47. The van der Waals surface area contributed by atoms with Crippen molar-refractivity contribution >= 4 is 17.5 Å². The third kappa shape index (κ3) is 3.75. The minimum atomic E-state index is -0.414. The van der Waals surface area contributed by atoms with Crippen LogP contribution in [-0.2, 0) is 11.2 Å². The largest absolute Gasteiger partial charge is 0.467 e. The Morgan fingerprint density at radius 2 is 1.71 bits per heavy atom. The minimum Gasteiger partial charge on any atom is -0.467 e. The number of para-hydroxylation sites is 2. The van der Waals surface area contributed by atoms with Crippen molar-refractivity contribution in [2.24, 2.45) is 0 Å². The number of rotatable bonds is 6. The van der Waals surface area contributed by atoms with Crippen LogP contribution in [-0.4, -0.2) is 33.9 Å². The molecule has 0 radical (unpaired) electrons. The Morgan fingerprint density at radius 3 is 2.40 bits per heavy atom. The summed E-state index contributed by atoms with van der Waals surface area (Å²) in [6.07, 6.45) is 6.40. The maximum absolute atomic E-state index is 14.1. The molecule has 2 aromatic carbocycles. The molecule has 1 atom stereocenters. The third-order valence-electron chi connectivity index (χ3n) is 6.96. The van der Waals surface area contributed by atoms with E-state index in [1.807, 2.05) is 79.0 Å². The summed E-state index contributed by atoms with van der Waals surface area (Å²) in [6, 6.07) is 23.0. The Bertz CT molecular complexity index is 1370. The van der Waals surface area contributed by atoms with Crippen LogP contribution in [0.2, 0.25) is 0 Å². The highest BCUT2D eigenvalue weighted by molar-refractivity contribution is 6.02. The molecule has 2 aromatic heterocycles. The van der Waals surface area contributed by atoms with Crippen LogP contribution in [0.4, 0.5) is 5.69 Å². The van der Waals surface area contributed by atoms with Crippen molar-refractivity contribution in [1.29, 1.82) is 0 Å². The maximum atomic E-state index is 14.1. The molecule has 1 fully saturated rings. The van der Waals surface area contributed by atoms with E-state index >= 15 is 0 Å². The molecule has 0 bridgehead atoms. The Balaban J connectivity index is 1.37. The number of aryl methyl sites for hydroxylation is 1. The van der Waals surface area contributed by atoms with Gasteiger partial charge in [0.2, 0.25) is 5.91 Å². The second kappa shape index (κ2) is 8.62. The van der Waals surface area contributed by atoms with E-state index in [0.29, 0.717) is 11.3 Å². The van der Waals surface area contributed by atoms with Crippen LogP contribution in [0, 0.1) is 0 Å². The third-order valence-corrected chi connectivity index (χ3v) is 6.96. The molecular weight excluding hydrogens is 438 g/mol. The van der Waals surface area contributed by atoms with Crippen molar-refractivity contribution in [1.82, 2.24) is 9.47 Å². The van der Waals surface area contributed by atoms with Crippen LogP contribution in [0.25, 0.3) is 5.69 Å². The number of anilines is 1. The van der Waals surface area contributed by atoms with Gasteiger partial charge in [-0.3, -0.25) is 14.5 Å². The van der Waals surface area contributed by atoms with Gasteiger partial charge in [0.05, 0.1) is 23.3 Å². The monoisotopic (exact) mass is 465 g/mol. The molecule has 1 saturated carbocycles. The van der Waals surface area contributed by atoms with Gasteiger partial charge in [0.15, 0.2) is 0 Å². The predicted octanol–water partition coefficient (Wildman–Crippen LogP) is 5.37. The summed E-state index contributed by atoms with van der Waals surface area (Å²) in [4.78, 5) is 31.1. The van der Waals surface area contributed by atoms with Gasteiger partial charge < -0.3 is 13.9 Å². The molecule has 4 aromatic rings. The highest BCUT2D eigenvalue weighted by Crippen LogP contribution is 2.42. The molecule has 176 valence electrons. The van der Waals surface area contributed by atoms with E-state index < -0.39 is 6.04 Å². The van der Waals surface area contributed by atoms with Gasteiger partial charge in [-0.25, -0.2) is 0 Å². The number of hydrogen-bond donors (Lipinski definition) is 0. The van der Waals surface area contributed by atoms with Gasteiger partial charge in [0, 0.05) is 17.8 Å². The molecule has 1 unspecified atom stereocenters. The lowest BCUT2D eigenvalue weighted by atomic mass is 10.0. The average Bonchev–Trinajstić information content (AvgIpc) is 3.37.